The standard InChI is InChI=1S/C23H21N3O5S/c1-16-8-11-19(12-9-16)32(30,31)25-14-4-5-17-15-18(10-13-21(17)25)24-23(27)20-6-2-3-7-22(20)26(28)29/h2-3,6-13,15H,4-5,14H2,1H3,(H,24,27). The number of anilines is 2. The molecule has 1 heterocycles. The van der Waals surface area contributed by atoms with E-state index in [2.05, 4.69) is 5.32 Å². The second-order valence-corrected chi connectivity index (χ2v) is 9.43. The Bertz CT molecular complexity index is 1300. The smallest absolute Gasteiger partial charge is 0.282 e. The van der Waals surface area contributed by atoms with Crippen molar-refractivity contribution >= 4 is 33.0 Å². The summed E-state index contributed by atoms with van der Waals surface area (Å²) in [4.78, 5) is 23.4. The van der Waals surface area contributed by atoms with Gasteiger partial charge in [0.25, 0.3) is 21.6 Å². The number of sulfonamides is 1. The Kier molecular flexibility index (Phi) is 5.67. The number of aryl methyl sites for hydroxylation is 2. The molecule has 0 aromatic heterocycles. The van der Waals surface area contributed by atoms with Crippen molar-refractivity contribution in [1.29, 1.82) is 0 Å². The van der Waals surface area contributed by atoms with Gasteiger partial charge in [0.15, 0.2) is 0 Å². The van der Waals surface area contributed by atoms with Crippen LogP contribution in [-0.2, 0) is 16.4 Å². The van der Waals surface area contributed by atoms with Gasteiger partial charge in [0.2, 0.25) is 0 Å². The number of carbonyl (C=O) groups is 1. The van der Waals surface area contributed by atoms with Gasteiger partial charge in [-0.2, -0.15) is 0 Å². The summed E-state index contributed by atoms with van der Waals surface area (Å²) in [6, 6.07) is 17.4. The van der Waals surface area contributed by atoms with E-state index in [4.69, 9.17) is 0 Å². The number of hydrogen-bond donors (Lipinski definition) is 1. The van der Waals surface area contributed by atoms with Crippen molar-refractivity contribution in [1.82, 2.24) is 0 Å². The molecular weight excluding hydrogens is 430 g/mol. The van der Waals surface area contributed by atoms with E-state index < -0.39 is 20.9 Å². The van der Waals surface area contributed by atoms with Gasteiger partial charge in [0, 0.05) is 18.3 Å². The lowest BCUT2D eigenvalue weighted by molar-refractivity contribution is -0.385. The molecule has 0 saturated carbocycles. The summed E-state index contributed by atoms with van der Waals surface area (Å²) in [5.74, 6) is -0.600. The van der Waals surface area contributed by atoms with E-state index >= 15 is 0 Å². The molecule has 0 bridgehead atoms. The number of carbonyl (C=O) groups excluding carboxylic acids is 1. The van der Waals surface area contributed by atoms with Crippen LogP contribution in [0.4, 0.5) is 17.1 Å². The van der Waals surface area contributed by atoms with Crippen molar-refractivity contribution in [2.75, 3.05) is 16.2 Å². The van der Waals surface area contributed by atoms with Crippen LogP contribution in [0.5, 0.6) is 0 Å². The van der Waals surface area contributed by atoms with Gasteiger partial charge in [-0.05, 0) is 61.7 Å². The van der Waals surface area contributed by atoms with Gasteiger partial charge in [-0.25, -0.2) is 8.42 Å². The normalized spacial score (nSPS) is 13.3. The van der Waals surface area contributed by atoms with E-state index in [1.54, 1.807) is 48.5 Å². The molecule has 1 N–H and O–H groups in total. The van der Waals surface area contributed by atoms with Crippen molar-refractivity contribution < 1.29 is 18.1 Å². The molecule has 0 atom stereocenters. The Morgan fingerprint density at radius 1 is 1.06 bits per heavy atom. The third-order valence-electron chi connectivity index (χ3n) is 5.37. The molecule has 0 unspecified atom stereocenters. The summed E-state index contributed by atoms with van der Waals surface area (Å²) in [6.45, 7) is 2.26. The predicted molar refractivity (Wildman–Crippen MR) is 122 cm³/mol. The number of fused-ring (bicyclic) bond motifs is 1. The maximum atomic E-state index is 13.2. The van der Waals surface area contributed by atoms with Gasteiger partial charge in [-0.15, -0.1) is 0 Å². The molecule has 164 valence electrons. The number of benzene rings is 3. The monoisotopic (exact) mass is 451 g/mol. The average molecular weight is 452 g/mol. The van der Waals surface area contributed by atoms with E-state index in [0.717, 1.165) is 11.1 Å². The summed E-state index contributed by atoms with van der Waals surface area (Å²) >= 11 is 0. The summed E-state index contributed by atoms with van der Waals surface area (Å²) in [5.41, 5.74) is 2.45. The highest BCUT2D eigenvalue weighted by Crippen LogP contribution is 2.34. The highest BCUT2D eigenvalue weighted by Gasteiger charge is 2.29. The molecule has 0 aliphatic carbocycles. The molecule has 1 aliphatic heterocycles. The Labute approximate surface area is 185 Å². The fourth-order valence-corrected chi connectivity index (χ4v) is 5.29. The minimum absolute atomic E-state index is 0.0428. The molecule has 0 fully saturated rings. The SMILES string of the molecule is Cc1ccc(S(=O)(=O)N2CCCc3cc(NC(=O)c4ccccc4[N+](=O)[O-])ccc32)cc1. The van der Waals surface area contributed by atoms with E-state index in [9.17, 15) is 23.3 Å². The Hall–Kier alpha value is -3.72. The third-order valence-corrected chi connectivity index (χ3v) is 7.20. The number of nitrogens with zero attached hydrogens (tertiary/aromatic N) is 2. The largest absolute Gasteiger partial charge is 0.322 e. The quantitative estimate of drug-likeness (QED) is 0.459. The molecule has 9 heteroatoms. The topological polar surface area (TPSA) is 110 Å². The van der Waals surface area contributed by atoms with E-state index in [0.29, 0.717) is 30.8 Å². The lowest BCUT2D eigenvalue weighted by Gasteiger charge is -2.31. The first-order valence-corrected chi connectivity index (χ1v) is 11.5. The molecular formula is C23H21N3O5S. The number of nitro groups is 1. The van der Waals surface area contributed by atoms with Gasteiger partial charge in [-0.3, -0.25) is 19.2 Å². The molecule has 3 aromatic carbocycles. The Morgan fingerprint density at radius 2 is 1.78 bits per heavy atom. The number of hydrogen-bond acceptors (Lipinski definition) is 5. The van der Waals surface area contributed by atoms with Crippen LogP contribution in [0.25, 0.3) is 0 Å². The van der Waals surface area contributed by atoms with Crippen LogP contribution in [0.1, 0.15) is 27.9 Å². The van der Waals surface area contributed by atoms with E-state index in [1.807, 2.05) is 6.92 Å². The minimum atomic E-state index is -3.72. The van der Waals surface area contributed by atoms with Gasteiger partial charge < -0.3 is 5.32 Å². The lowest BCUT2D eigenvalue weighted by Crippen LogP contribution is -2.35. The molecule has 0 radical (unpaired) electrons. The van der Waals surface area contributed by atoms with Crippen molar-refractivity contribution in [2.45, 2.75) is 24.7 Å². The summed E-state index contributed by atoms with van der Waals surface area (Å²) in [5, 5.41) is 13.9. The zero-order valence-electron chi connectivity index (χ0n) is 17.3. The maximum Gasteiger partial charge on any atom is 0.282 e. The summed E-state index contributed by atoms with van der Waals surface area (Å²) < 4.78 is 27.8. The first-order valence-electron chi connectivity index (χ1n) is 10.0. The maximum absolute atomic E-state index is 13.2. The van der Waals surface area contributed by atoms with Gasteiger partial charge in [0.05, 0.1) is 15.5 Å². The van der Waals surface area contributed by atoms with Crippen LogP contribution in [0.15, 0.2) is 71.6 Å². The summed E-state index contributed by atoms with van der Waals surface area (Å²) in [6.07, 6.45) is 1.30. The van der Waals surface area contributed by atoms with Crippen molar-refractivity contribution in [3.05, 3.63) is 93.5 Å². The van der Waals surface area contributed by atoms with Crippen LogP contribution < -0.4 is 9.62 Å². The fourth-order valence-electron chi connectivity index (χ4n) is 3.75. The fraction of sp³-hybridized carbons (Fsp3) is 0.174. The van der Waals surface area contributed by atoms with Gasteiger partial charge in [0.1, 0.15) is 5.56 Å². The lowest BCUT2D eigenvalue weighted by atomic mass is 10.0. The second-order valence-electron chi connectivity index (χ2n) is 7.57. The Morgan fingerprint density at radius 3 is 2.50 bits per heavy atom. The van der Waals surface area contributed by atoms with Crippen LogP contribution in [-0.4, -0.2) is 25.8 Å². The molecule has 0 spiro atoms. The van der Waals surface area contributed by atoms with E-state index in [-0.39, 0.29) is 16.1 Å². The minimum Gasteiger partial charge on any atom is -0.322 e. The number of rotatable bonds is 5. The van der Waals surface area contributed by atoms with Crippen molar-refractivity contribution in [3.63, 3.8) is 0 Å². The number of nitro benzene ring substituents is 1. The van der Waals surface area contributed by atoms with Crippen LogP contribution in [0.2, 0.25) is 0 Å². The summed E-state index contributed by atoms with van der Waals surface area (Å²) in [7, 11) is -3.72. The first kappa shape index (κ1) is 21.5. The van der Waals surface area contributed by atoms with E-state index in [1.165, 1.54) is 22.5 Å². The molecule has 1 amide bonds. The van der Waals surface area contributed by atoms with Gasteiger partial charge in [-0.1, -0.05) is 29.8 Å². The van der Waals surface area contributed by atoms with Crippen molar-refractivity contribution in [2.24, 2.45) is 0 Å². The van der Waals surface area contributed by atoms with Crippen LogP contribution in [0, 0.1) is 17.0 Å². The number of amides is 1. The third kappa shape index (κ3) is 4.06. The molecule has 1 aliphatic rings. The molecule has 3 aromatic rings. The highest BCUT2D eigenvalue weighted by atomic mass is 32.2. The van der Waals surface area contributed by atoms with Crippen LogP contribution in [0.3, 0.4) is 0 Å². The second kappa shape index (κ2) is 8.43. The number of para-hydroxylation sites is 1. The molecule has 32 heavy (non-hydrogen) atoms. The Balaban J connectivity index is 1.62. The highest BCUT2D eigenvalue weighted by molar-refractivity contribution is 7.92. The average Bonchev–Trinajstić information content (AvgIpc) is 2.78. The zero-order chi connectivity index (χ0) is 22.9. The number of nitrogens with one attached hydrogen (secondary N) is 1. The molecule has 8 nitrogen and oxygen atoms in total. The molecule has 4 rings (SSSR count). The zero-order valence-corrected chi connectivity index (χ0v) is 18.1. The molecule has 0 saturated heterocycles. The predicted octanol–water partition coefficient (Wildman–Crippen LogP) is 4.30. The van der Waals surface area contributed by atoms with Gasteiger partial charge >= 0.3 is 0 Å². The van der Waals surface area contributed by atoms with Crippen molar-refractivity contribution in [3.8, 4) is 0 Å². The van der Waals surface area contributed by atoms with Crippen LogP contribution >= 0.6 is 0 Å². The first-order chi connectivity index (χ1) is 15.3.